The molecule has 0 saturated heterocycles. The number of hydrogen-bond donors (Lipinski definition) is 3. The average molecular weight is 512 g/mol. The fourth-order valence-electron chi connectivity index (χ4n) is 4.03. The molecule has 3 amide bonds. The van der Waals surface area contributed by atoms with Gasteiger partial charge in [-0.2, -0.15) is 0 Å². The molecular formula is C28H37N3O4S. The summed E-state index contributed by atoms with van der Waals surface area (Å²) in [4.78, 5) is 50.1. The third kappa shape index (κ3) is 9.49. The Morgan fingerprint density at radius 1 is 0.917 bits per heavy atom. The summed E-state index contributed by atoms with van der Waals surface area (Å²) in [6, 6.07) is 18.4. The molecular weight excluding hydrogens is 474 g/mol. The summed E-state index contributed by atoms with van der Waals surface area (Å²) >= 11 is 0.795. The second-order valence-electron chi connectivity index (χ2n) is 9.24. The highest BCUT2D eigenvalue weighted by Crippen LogP contribution is 2.31. The van der Waals surface area contributed by atoms with Gasteiger partial charge in [-0.15, -0.1) is 0 Å². The topological polar surface area (TPSA) is 104 Å². The van der Waals surface area contributed by atoms with E-state index in [1.165, 1.54) is 14.0 Å². The highest BCUT2D eigenvalue weighted by atomic mass is 32.2. The van der Waals surface area contributed by atoms with E-state index in [1.807, 2.05) is 74.5 Å². The molecule has 2 rings (SSSR count). The molecule has 8 heteroatoms. The molecule has 0 aliphatic heterocycles. The minimum atomic E-state index is -1.52. The zero-order valence-corrected chi connectivity index (χ0v) is 22.3. The van der Waals surface area contributed by atoms with Crippen LogP contribution < -0.4 is 16.0 Å². The molecule has 2 aromatic carbocycles. The van der Waals surface area contributed by atoms with Crippen molar-refractivity contribution in [3.05, 3.63) is 71.8 Å². The van der Waals surface area contributed by atoms with Crippen molar-refractivity contribution in [1.29, 1.82) is 0 Å². The van der Waals surface area contributed by atoms with Gasteiger partial charge in [-0.05, 0) is 36.3 Å². The molecule has 7 nitrogen and oxygen atoms in total. The minimum absolute atomic E-state index is 0.000191. The number of likely N-dealkylation sites (N-methyl/N-ethyl adjacent to an activating group) is 1. The van der Waals surface area contributed by atoms with Crippen molar-refractivity contribution in [3.8, 4) is 0 Å². The van der Waals surface area contributed by atoms with Gasteiger partial charge in [0.15, 0.2) is 9.99 Å². The van der Waals surface area contributed by atoms with E-state index in [9.17, 15) is 19.2 Å². The van der Waals surface area contributed by atoms with Gasteiger partial charge in [0.2, 0.25) is 11.8 Å². The fraction of sp³-hybridized carbons (Fsp3) is 0.429. The van der Waals surface area contributed by atoms with Crippen LogP contribution in [0.25, 0.3) is 0 Å². The van der Waals surface area contributed by atoms with E-state index in [0.29, 0.717) is 6.42 Å². The number of hydrogen-bond acceptors (Lipinski definition) is 5. The second kappa shape index (κ2) is 14.4. The van der Waals surface area contributed by atoms with Gasteiger partial charge in [0.25, 0.3) is 5.91 Å². The second-order valence-corrected chi connectivity index (χ2v) is 10.7. The van der Waals surface area contributed by atoms with E-state index in [0.717, 1.165) is 29.3 Å². The lowest BCUT2D eigenvalue weighted by Gasteiger charge is -2.34. The maximum absolute atomic E-state index is 13.7. The van der Waals surface area contributed by atoms with Crippen LogP contribution in [-0.2, 0) is 32.0 Å². The van der Waals surface area contributed by atoms with Crippen LogP contribution in [0.15, 0.2) is 60.7 Å². The van der Waals surface area contributed by atoms with Gasteiger partial charge in [0.1, 0.15) is 6.04 Å². The quantitative estimate of drug-likeness (QED) is 0.356. The van der Waals surface area contributed by atoms with Crippen molar-refractivity contribution in [2.45, 2.75) is 63.8 Å². The van der Waals surface area contributed by atoms with Gasteiger partial charge in [-0.1, -0.05) is 86.3 Å². The molecule has 0 aromatic heterocycles. The van der Waals surface area contributed by atoms with Crippen LogP contribution in [0.1, 0.15) is 51.2 Å². The van der Waals surface area contributed by atoms with Crippen LogP contribution in [0.4, 0.5) is 0 Å². The van der Waals surface area contributed by atoms with Gasteiger partial charge >= 0.3 is 0 Å². The van der Waals surface area contributed by atoms with Crippen molar-refractivity contribution >= 4 is 34.6 Å². The number of nitrogens with one attached hydrogen (secondary N) is 3. The first-order chi connectivity index (χ1) is 17.1. The number of benzene rings is 2. The first kappa shape index (κ1) is 29.1. The lowest BCUT2D eigenvalue weighted by atomic mass is 10.00. The number of rotatable bonds is 13. The summed E-state index contributed by atoms with van der Waals surface area (Å²) in [6.07, 6.45) is 2.06. The summed E-state index contributed by atoms with van der Waals surface area (Å²) in [6.45, 7) is 5.21. The summed E-state index contributed by atoms with van der Waals surface area (Å²) in [5.74, 6) is -1.22. The zero-order chi connectivity index (χ0) is 26.6. The van der Waals surface area contributed by atoms with Crippen molar-refractivity contribution in [2.24, 2.45) is 5.92 Å². The maximum Gasteiger partial charge on any atom is 0.257 e. The average Bonchev–Trinajstić information content (AvgIpc) is 2.83. The lowest BCUT2D eigenvalue weighted by molar-refractivity contribution is -0.133. The molecule has 2 atom stereocenters. The van der Waals surface area contributed by atoms with E-state index < -0.39 is 16.8 Å². The maximum atomic E-state index is 13.7. The van der Waals surface area contributed by atoms with Crippen LogP contribution in [0, 0.1) is 5.92 Å². The number of aryl methyl sites for hydroxylation is 1. The molecule has 2 aromatic rings. The molecule has 3 N–H and O–H groups in total. The Morgan fingerprint density at radius 2 is 1.50 bits per heavy atom. The Kier molecular flexibility index (Phi) is 11.7. The fourth-order valence-corrected chi connectivity index (χ4v) is 5.25. The smallest absolute Gasteiger partial charge is 0.257 e. The van der Waals surface area contributed by atoms with Crippen molar-refractivity contribution in [3.63, 3.8) is 0 Å². The summed E-state index contributed by atoms with van der Waals surface area (Å²) < 4.78 is 0. The molecule has 0 fully saturated rings. The van der Waals surface area contributed by atoms with E-state index in [4.69, 9.17) is 0 Å². The summed E-state index contributed by atoms with van der Waals surface area (Å²) in [7, 11) is 1.51. The van der Waals surface area contributed by atoms with Crippen LogP contribution in [0.5, 0.6) is 0 Å². The Morgan fingerprint density at radius 3 is 2.03 bits per heavy atom. The SMILES string of the molecule is CNC(=O)[C@H](Cc1ccccc1)NC(=O)C(CC(C)C)(NC(=O)CCCc1ccccc1)SC(C)=O. The largest absolute Gasteiger partial charge is 0.357 e. The van der Waals surface area contributed by atoms with E-state index in [2.05, 4.69) is 16.0 Å². The highest BCUT2D eigenvalue weighted by Gasteiger charge is 2.44. The molecule has 0 spiro atoms. The molecule has 1 unspecified atom stereocenters. The monoisotopic (exact) mass is 511 g/mol. The zero-order valence-electron chi connectivity index (χ0n) is 21.5. The normalized spacial score (nSPS) is 13.4. The van der Waals surface area contributed by atoms with Gasteiger partial charge < -0.3 is 16.0 Å². The molecule has 0 heterocycles. The predicted molar refractivity (Wildman–Crippen MR) is 144 cm³/mol. The Balaban J connectivity index is 2.22. The van der Waals surface area contributed by atoms with E-state index in [-0.39, 0.29) is 42.1 Å². The number of amides is 3. The van der Waals surface area contributed by atoms with Gasteiger partial charge in [-0.25, -0.2) is 0 Å². The van der Waals surface area contributed by atoms with Crippen LogP contribution >= 0.6 is 11.8 Å². The molecule has 0 aliphatic carbocycles. The van der Waals surface area contributed by atoms with Crippen LogP contribution in [-0.4, -0.2) is 40.8 Å². The van der Waals surface area contributed by atoms with Crippen LogP contribution in [0.3, 0.4) is 0 Å². The third-order valence-electron chi connectivity index (χ3n) is 5.58. The third-order valence-corrected chi connectivity index (χ3v) is 6.67. The van der Waals surface area contributed by atoms with E-state index in [1.54, 1.807) is 0 Å². The molecule has 0 radical (unpaired) electrons. The van der Waals surface area contributed by atoms with Crippen molar-refractivity contribution in [1.82, 2.24) is 16.0 Å². The molecule has 0 aliphatic rings. The number of carbonyl (C=O) groups is 4. The highest BCUT2D eigenvalue weighted by molar-refractivity contribution is 8.15. The standard InChI is InChI=1S/C28H37N3O4S/c1-20(2)19-28(36-21(3)32,31-25(33)17-11-16-22-12-7-5-8-13-22)27(35)30-24(26(34)29-4)18-23-14-9-6-10-15-23/h5-10,12-15,20,24H,11,16-19H2,1-4H3,(H,29,34)(H,30,35)(H,31,33)/t24-,28?/m0/s1. The van der Waals surface area contributed by atoms with Gasteiger partial charge in [-0.3, -0.25) is 19.2 Å². The lowest BCUT2D eigenvalue weighted by Crippen LogP contribution is -2.61. The first-order valence-corrected chi connectivity index (χ1v) is 13.1. The minimum Gasteiger partial charge on any atom is -0.357 e. The number of carbonyl (C=O) groups excluding carboxylic acids is 4. The summed E-state index contributed by atoms with van der Waals surface area (Å²) in [5.41, 5.74) is 2.01. The van der Waals surface area contributed by atoms with E-state index >= 15 is 0 Å². The first-order valence-electron chi connectivity index (χ1n) is 12.3. The van der Waals surface area contributed by atoms with Crippen molar-refractivity contribution in [2.75, 3.05) is 7.05 Å². The Hall–Kier alpha value is -3.13. The molecule has 0 saturated carbocycles. The van der Waals surface area contributed by atoms with Crippen LogP contribution in [0.2, 0.25) is 0 Å². The van der Waals surface area contributed by atoms with Gasteiger partial charge in [0, 0.05) is 26.8 Å². The van der Waals surface area contributed by atoms with Crippen molar-refractivity contribution < 1.29 is 19.2 Å². The Labute approximate surface area is 218 Å². The Bertz CT molecular complexity index is 1010. The summed E-state index contributed by atoms with van der Waals surface area (Å²) in [5, 5.41) is 7.98. The predicted octanol–water partition coefficient (Wildman–Crippen LogP) is 3.62. The molecule has 194 valence electrons. The molecule has 36 heavy (non-hydrogen) atoms. The number of thioether (sulfide) groups is 1. The molecule has 0 bridgehead atoms. The van der Waals surface area contributed by atoms with Gasteiger partial charge in [0.05, 0.1) is 0 Å².